The molecule has 2 heterocycles. The van der Waals surface area contributed by atoms with Gasteiger partial charge in [0, 0.05) is 6.42 Å². The smallest absolute Gasteiger partial charge is 0.358 e. The molecule has 0 fully saturated rings. The number of nitrogen functional groups attached to an aromatic ring is 1. The van der Waals surface area contributed by atoms with Crippen LogP contribution in [0.5, 0.6) is 0 Å². The van der Waals surface area contributed by atoms with Crippen molar-refractivity contribution in [2.45, 2.75) is 25.3 Å². The molecule has 0 aliphatic carbocycles. The predicted octanol–water partition coefficient (Wildman–Crippen LogP) is 1.76. The minimum atomic E-state index is -4.50. The molecule has 2 atom stereocenters. The van der Waals surface area contributed by atoms with Gasteiger partial charge in [0.25, 0.3) is 0 Å². The molecule has 0 amide bonds. The maximum absolute atomic E-state index is 11.8. The first-order chi connectivity index (χ1) is 11.8. The number of H-pyrrole nitrogens is 1. The first-order valence-corrected chi connectivity index (χ1v) is 9.24. The Kier molecular flexibility index (Phi) is 4.82. The van der Waals surface area contributed by atoms with E-state index in [2.05, 4.69) is 19.9 Å². The van der Waals surface area contributed by atoms with Crippen molar-refractivity contribution in [3.8, 4) is 0 Å². The van der Waals surface area contributed by atoms with Crippen LogP contribution in [0.2, 0.25) is 0 Å². The Hall–Kier alpha value is -2.32. The number of imidazole rings is 1. The standard InChI is InChI=1S/C15H18N5O4P/c1-9(7-11-19-13(16)12-14(20-11)18-8-17-12)24-15(25(21,22)23)10-5-3-2-4-6-10/h2-6,8-9,15H,7H2,1H3,(H2,21,22,23)(H3,16,17,18,19,20)/t9-,15?/m1/s1. The zero-order chi connectivity index (χ0) is 18.0. The topological polar surface area (TPSA) is 147 Å². The van der Waals surface area contributed by atoms with Crippen LogP contribution in [-0.2, 0) is 15.7 Å². The first-order valence-electron chi connectivity index (χ1n) is 7.55. The number of benzene rings is 1. The number of hydrogen-bond donors (Lipinski definition) is 4. The van der Waals surface area contributed by atoms with Crippen LogP contribution in [0.1, 0.15) is 24.2 Å². The Morgan fingerprint density at radius 1 is 1.28 bits per heavy atom. The van der Waals surface area contributed by atoms with Crippen molar-refractivity contribution in [2.75, 3.05) is 5.73 Å². The van der Waals surface area contributed by atoms with E-state index in [-0.39, 0.29) is 12.2 Å². The highest BCUT2D eigenvalue weighted by atomic mass is 31.2. The van der Waals surface area contributed by atoms with Crippen molar-refractivity contribution in [1.82, 2.24) is 19.9 Å². The Morgan fingerprint density at radius 3 is 2.68 bits per heavy atom. The fourth-order valence-corrected chi connectivity index (χ4v) is 3.42. The minimum absolute atomic E-state index is 0.232. The molecule has 2 aromatic heterocycles. The largest absolute Gasteiger partial charge is 0.382 e. The van der Waals surface area contributed by atoms with Gasteiger partial charge in [-0.3, -0.25) is 4.57 Å². The van der Waals surface area contributed by atoms with Crippen LogP contribution < -0.4 is 5.73 Å². The highest BCUT2D eigenvalue weighted by Crippen LogP contribution is 2.52. The average Bonchev–Trinajstić information content (AvgIpc) is 3.01. The normalized spacial score (nSPS) is 14.5. The molecule has 0 spiro atoms. The number of nitrogens with zero attached hydrogens (tertiary/aromatic N) is 3. The molecular formula is C15H18N5O4P. The molecule has 3 rings (SSSR count). The van der Waals surface area contributed by atoms with E-state index < -0.39 is 19.5 Å². The van der Waals surface area contributed by atoms with Gasteiger partial charge in [-0.1, -0.05) is 30.3 Å². The van der Waals surface area contributed by atoms with E-state index in [9.17, 15) is 14.4 Å². The SMILES string of the molecule is C[C@H](Cc1nc(N)c2[nH]cnc2n1)OC(c1ccccc1)P(=O)(O)O. The Balaban J connectivity index is 1.79. The molecule has 0 radical (unpaired) electrons. The molecule has 0 aliphatic rings. The lowest BCUT2D eigenvalue weighted by Crippen LogP contribution is -2.18. The molecule has 25 heavy (non-hydrogen) atoms. The van der Waals surface area contributed by atoms with Crippen molar-refractivity contribution in [3.63, 3.8) is 0 Å². The Labute approximate surface area is 143 Å². The molecule has 1 aromatic carbocycles. The highest BCUT2D eigenvalue weighted by molar-refractivity contribution is 7.52. The number of aromatic nitrogens is 4. The summed E-state index contributed by atoms with van der Waals surface area (Å²) in [7, 11) is -4.50. The zero-order valence-electron chi connectivity index (χ0n) is 13.4. The number of hydrogen-bond acceptors (Lipinski definition) is 6. The number of nitrogens with one attached hydrogen (secondary N) is 1. The number of nitrogens with two attached hydrogens (primary N) is 1. The second-order valence-electron chi connectivity index (χ2n) is 5.63. The Bertz CT molecular complexity index is 911. The molecule has 0 aliphatic heterocycles. The summed E-state index contributed by atoms with van der Waals surface area (Å²) in [5.74, 6) is -0.698. The summed E-state index contributed by atoms with van der Waals surface area (Å²) < 4.78 is 17.4. The van der Waals surface area contributed by atoms with Crippen LogP contribution in [0.15, 0.2) is 36.7 Å². The van der Waals surface area contributed by atoms with Gasteiger partial charge in [0.05, 0.1) is 12.4 Å². The fourth-order valence-electron chi connectivity index (χ4n) is 2.49. The maximum atomic E-state index is 11.8. The van der Waals surface area contributed by atoms with Gasteiger partial charge in [-0.2, -0.15) is 0 Å². The second kappa shape index (κ2) is 6.89. The summed E-state index contributed by atoms with van der Waals surface area (Å²) in [6, 6.07) is 8.38. The monoisotopic (exact) mass is 363 g/mol. The van der Waals surface area contributed by atoms with E-state index in [0.717, 1.165) is 0 Å². The third-order valence-corrected chi connectivity index (χ3v) is 4.61. The second-order valence-corrected chi connectivity index (χ2v) is 7.28. The Morgan fingerprint density at radius 2 is 2.00 bits per heavy atom. The lowest BCUT2D eigenvalue weighted by atomic mass is 10.2. The van der Waals surface area contributed by atoms with Gasteiger partial charge in [0.2, 0.25) is 0 Å². The highest BCUT2D eigenvalue weighted by Gasteiger charge is 2.33. The number of fused-ring (bicyclic) bond motifs is 1. The van der Waals surface area contributed by atoms with Crippen LogP contribution in [0, 0.1) is 0 Å². The van der Waals surface area contributed by atoms with Crippen molar-refractivity contribution in [3.05, 3.63) is 48.0 Å². The number of aromatic amines is 1. The molecule has 1 unspecified atom stereocenters. The zero-order valence-corrected chi connectivity index (χ0v) is 14.3. The fraction of sp³-hybridized carbons (Fsp3) is 0.267. The van der Waals surface area contributed by atoms with Gasteiger partial charge in [0.1, 0.15) is 11.3 Å². The predicted molar refractivity (Wildman–Crippen MR) is 91.6 cm³/mol. The molecule has 5 N–H and O–H groups in total. The van der Waals surface area contributed by atoms with E-state index in [1.165, 1.54) is 6.33 Å². The van der Waals surface area contributed by atoms with E-state index >= 15 is 0 Å². The quantitative estimate of drug-likeness (QED) is 0.484. The molecule has 9 nitrogen and oxygen atoms in total. The molecular weight excluding hydrogens is 345 g/mol. The van der Waals surface area contributed by atoms with Crippen molar-refractivity contribution in [1.29, 1.82) is 0 Å². The number of anilines is 1. The molecule has 132 valence electrons. The molecule has 10 heteroatoms. The third-order valence-electron chi connectivity index (χ3n) is 3.58. The summed E-state index contributed by atoms with van der Waals surface area (Å²) in [6.07, 6.45) is 1.16. The van der Waals surface area contributed by atoms with Gasteiger partial charge >= 0.3 is 7.60 Å². The van der Waals surface area contributed by atoms with E-state index in [0.29, 0.717) is 22.6 Å². The maximum Gasteiger partial charge on any atom is 0.358 e. The van der Waals surface area contributed by atoms with Crippen LogP contribution in [-0.4, -0.2) is 35.8 Å². The van der Waals surface area contributed by atoms with Crippen LogP contribution in [0.3, 0.4) is 0 Å². The van der Waals surface area contributed by atoms with Crippen LogP contribution >= 0.6 is 7.60 Å². The lowest BCUT2D eigenvalue weighted by Gasteiger charge is -2.23. The van der Waals surface area contributed by atoms with Gasteiger partial charge in [-0.05, 0) is 12.5 Å². The van der Waals surface area contributed by atoms with Crippen molar-refractivity contribution >= 4 is 24.6 Å². The van der Waals surface area contributed by atoms with Gasteiger partial charge < -0.3 is 25.2 Å². The average molecular weight is 363 g/mol. The lowest BCUT2D eigenvalue weighted by molar-refractivity contribution is 0.0265. The van der Waals surface area contributed by atoms with E-state index in [1.807, 2.05) is 0 Å². The molecule has 0 bridgehead atoms. The summed E-state index contributed by atoms with van der Waals surface area (Å²) in [5, 5.41) is 0. The van der Waals surface area contributed by atoms with Gasteiger partial charge in [-0.25, -0.2) is 15.0 Å². The summed E-state index contributed by atoms with van der Waals surface area (Å²) in [5.41, 5.74) is 7.24. The van der Waals surface area contributed by atoms with Crippen molar-refractivity contribution < 1.29 is 19.1 Å². The van der Waals surface area contributed by atoms with E-state index in [1.54, 1.807) is 37.3 Å². The minimum Gasteiger partial charge on any atom is -0.382 e. The number of rotatable bonds is 6. The molecule has 3 aromatic rings. The summed E-state index contributed by atoms with van der Waals surface area (Å²) >= 11 is 0. The van der Waals surface area contributed by atoms with Gasteiger partial charge in [-0.15, -0.1) is 0 Å². The van der Waals surface area contributed by atoms with Crippen LogP contribution in [0.4, 0.5) is 5.82 Å². The molecule has 0 saturated carbocycles. The number of ether oxygens (including phenoxy) is 1. The summed E-state index contributed by atoms with van der Waals surface area (Å²) in [6.45, 7) is 1.69. The van der Waals surface area contributed by atoms with E-state index in [4.69, 9.17) is 10.5 Å². The van der Waals surface area contributed by atoms with Crippen molar-refractivity contribution in [2.24, 2.45) is 0 Å². The molecule has 0 saturated heterocycles. The summed E-state index contributed by atoms with van der Waals surface area (Å²) in [4.78, 5) is 34.6. The van der Waals surface area contributed by atoms with Gasteiger partial charge in [0.15, 0.2) is 17.3 Å². The first kappa shape index (κ1) is 17.5. The third kappa shape index (κ3) is 4.02. The van der Waals surface area contributed by atoms with Crippen LogP contribution in [0.25, 0.3) is 11.2 Å².